The smallest absolute Gasteiger partial charge is 0.0379 e. The van der Waals surface area contributed by atoms with Gasteiger partial charge in [-0.2, -0.15) is 0 Å². The topological polar surface area (TPSA) is 8.17 Å². The van der Waals surface area contributed by atoms with Gasteiger partial charge in [0.15, 0.2) is 0 Å². The molecule has 0 amide bonds. The molecule has 0 aromatic carbocycles. The minimum absolute atomic E-state index is 0.415. The molecule has 3 rings (SSSR count). The first-order chi connectivity index (χ1) is 7.10. The third-order valence-electron chi connectivity index (χ3n) is 4.56. The first-order valence-electron chi connectivity index (χ1n) is 5.98. The lowest BCUT2D eigenvalue weighted by Crippen LogP contribution is -2.55. The van der Waals surface area contributed by atoms with Gasteiger partial charge < -0.3 is 4.57 Å². The van der Waals surface area contributed by atoms with Crippen LogP contribution in [0.15, 0.2) is 18.3 Å². The van der Waals surface area contributed by atoms with Crippen molar-refractivity contribution in [1.82, 2.24) is 9.47 Å². The van der Waals surface area contributed by atoms with Gasteiger partial charge in [-0.25, -0.2) is 0 Å². The lowest BCUT2D eigenvalue weighted by Gasteiger charge is -2.51. The Morgan fingerprint density at radius 1 is 1.40 bits per heavy atom. The highest BCUT2D eigenvalue weighted by atomic mass is 15.2. The van der Waals surface area contributed by atoms with Crippen molar-refractivity contribution in [2.24, 2.45) is 0 Å². The molecule has 0 unspecified atom stereocenters. The van der Waals surface area contributed by atoms with Gasteiger partial charge in [-0.1, -0.05) is 6.92 Å². The summed E-state index contributed by atoms with van der Waals surface area (Å²) >= 11 is 0. The minimum atomic E-state index is 0.415. The lowest BCUT2D eigenvalue weighted by atomic mass is 9.70. The number of fused-ring (bicyclic) bond motifs is 4. The van der Waals surface area contributed by atoms with Gasteiger partial charge in [-0.15, -0.1) is 0 Å². The number of rotatable bonds is 0. The molecule has 3 heterocycles. The molecule has 1 aromatic rings. The van der Waals surface area contributed by atoms with Gasteiger partial charge in [0.1, 0.15) is 0 Å². The maximum absolute atomic E-state index is 2.56. The molecule has 2 aliphatic rings. The molecule has 0 spiro atoms. The summed E-state index contributed by atoms with van der Waals surface area (Å²) in [6.07, 6.45) is 4.87. The number of likely N-dealkylation sites (tertiary alicyclic amines) is 1. The molecule has 1 aromatic heterocycles. The van der Waals surface area contributed by atoms with Crippen molar-refractivity contribution in [3.63, 3.8) is 0 Å². The van der Waals surface area contributed by atoms with E-state index >= 15 is 0 Å². The van der Waals surface area contributed by atoms with Crippen LogP contribution in [0.3, 0.4) is 0 Å². The molecule has 15 heavy (non-hydrogen) atoms. The number of likely N-dealkylation sites (N-methyl/N-ethyl adjacent to an activating group) is 1. The lowest BCUT2D eigenvalue weighted by molar-refractivity contribution is 0.0426. The highest BCUT2D eigenvalue weighted by molar-refractivity contribution is 5.24. The molecular weight excluding hydrogens is 184 g/mol. The molecule has 1 fully saturated rings. The van der Waals surface area contributed by atoms with Crippen LogP contribution in [0.4, 0.5) is 0 Å². The van der Waals surface area contributed by atoms with Gasteiger partial charge >= 0.3 is 0 Å². The van der Waals surface area contributed by atoms with E-state index in [9.17, 15) is 0 Å². The SMILES string of the molecule is C[C@@H]1C[C@]2(C)C[C@@H](Cn3cccc32)N1C. The maximum atomic E-state index is 2.56. The van der Waals surface area contributed by atoms with Crippen LogP contribution in [0, 0.1) is 0 Å². The van der Waals surface area contributed by atoms with E-state index in [-0.39, 0.29) is 0 Å². The van der Waals surface area contributed by atoms with Crippen LogP contribution in [-0.4, -0.2) is 28.6 Å². The molecule has 1 saturated heterocycles. The monoisotopic (exact) mass is 204 g/mol. The van der Waals surface area contributed by atoms with Crippen LogP contribution in [0.2, 0.25) is 0 Å². The quantitative estimate of drug-likeness (QED) is 0.629. The average Bonchev–Trinajstić information content (AvgIpc) is 2.63. The van der Waals surface area contributed by atoms with E-state index < -0.39 is 0 Å². The summed E-state index contributed by atoms with van der Waals surface area (Å²) in [5.74, 6) is 0. The van der Waals surface area contributed by atoms with E-state index in [1.807, 2.05) is 0 Å². The Balaban J connectivity index is 2.08. The summed E-state index contributed by atoms with van der Waals surface area (Å²) in [4.78, 5) is 2.56. The van der Waals surface area contributed by atoms with Crippen molar-refractivity contribution in [3.05, 3.63) is 24.0 Å². The zero-order chi connectivity index (χ0) is 10.6. The molecule has 0 N–H and O–H groups in total. The van der Waals surface area contributed by atoms with Crippen LogP contribution in [-0.2, 0) is 12.0 Å². The maximum Gasteiger partial charge on any atom is 0.0379 e. The van der Waals surface area contributed by atoms with E-state index in [0.717, 1.165) is 12.1 Å². The Kier molecular flexibility index (Phi) is 1.82. The second-order valence-electron chi connectivity index (χ2n) is 5.68. The fraction of sp³-hybridized carbons (Fsp3) is 0.692. The molecule has 2 bridgehead atoms. The van der Waals surface area contributed by atoms with Crippen LogP contribution >= 0.6 is 0 Å². The zero-order valence-electron chi connectivity index (χ0n) is 9.90. The highest BCUT2D eigenvalue weighted by Gasteiger charge is 2.44. The third kappa shape index (κ3) is 1.21. The summed E-state index contributed by atoms with van der Waals surface area (Å²) in [6, 6.07) is 5.97. The van der Waals surface area contributed by atoms with Crippen molar-refractivity contribution in [1.29, 1.82) is 0 Å². The van der Waals surface area contributed by atoms with E-state index in [2.05, 4.69) is 48.7 Å². The van der Waals surface area contributed by atoms with E-state index in [1.165, 1.54) is 19.4 Å². The number of hydrogen-bond acceptors (Lipinski definition) is 1. The van der Waals surface area contributed by atoms with Crippen LogP contribution in [0.25, 0.3) is 0 Å². The van der Waals surface area contributed by atoms with Crippen molar-refractivity contribution >= 4 is 0 Å². The molecule has 0 saturated carbocycles. The standard InChI is InChI=1S/C13H20N2/c1-10-7-13(2)8-11(14(10)3)9-15-6-4-5-12(13)15/h4-6,10-11H,7-9H2,1-3H3/t10-,11+,13-/m1/s1. The van der Waals surface area contributed by atoms with Gasteiger partial charge in [0, 0.05) is 35.9 Å². The Labute approximate surface area is 91.9 Å². The summed E-state index contributed by atoms with van der Waals surface area (Å²) in [5.41, 5.74) is 1.97. The first-order valence-corrected chi connectivity index (χ1v) is 5.98. The van der Waals surface area contributed by atoms with Crippen molar-refractivity contribution in [3.8, 4) is 0 Å². The largest absolute Gasteiger partial charge is 0.349 e. The van der Waals surface area contributed by atoms with Gasteiger partial charge in [0.05, 0.1) is 0 Å². The molecule has 3 atom stereocenters. The summed E-state index contributed by atoms with van der Waals surface area (Å²) < 4.78 is 2.45. The van der Waals surface area contributed by atoms with Crippen LogP contribution < -0.4 is 0 Å². The Hall–Kier alpha value is -0.760. The Bertz CT molecular complexity index is 382. The van der Waals surface area contributed by atoms with E-state index in [0.29, 0.717) is 5.41 Å². The molecule has 0 radical (unpaired) electrons. The molecule has 2 heteroatoms. The molecule has 0 aliphatic carbocycles. The predicted octanol–water partition coefficient (Wildman–Crippen LogP) is 2.24. The van der Waals surface area contributed by atoms with E-state index in [4.69, 9.17) is 0 Å². The minimum Gasteiger partial charge on any atom is -0.349 e. The van der Waals surface area contributed by atoms with Crippen LogP contribution in [0.1, 0.15) is 32.4 Å². The fourth-order valence-electron chi connectivity index (χ4n) is 3.65. The molecular formula is C13H20N2. The third-order valence-corrected chi connectivity index (χ3v) is 4.56. The second-order valence-corrected chi connectivity index (χ2v) is 5.68. The molecule has 2 nitrogen and oxygen atoms in total. The predicted molar refractivity (Wildman–Crippen MR) is 62.0 cm³/mol. The number of nitrogens with zero attached hydrogens (tertiary/aromatic N) is 2. The second kappa shape index (κ2) is 2.88. The summed E-state index contributed by atoms with van der Waals surface area (Å²) in [7, 11) is 2.28. The Morgan fingerprint density at radius 2 is 2.20 bits per heavy atom. The van der Waals surface area contributed by atoms with Gasteiger partial charge in [0.2, 0.25) is 0 Å². The zero-order valence-corrected chi connectivity index (χ0v) is 9.90. The number of hydrogen-bond donors (Lipinski definition) is 0. The van der Waals surface area contributed by atoms with Crippen molar-refractivity contribution in [2.45, 2.75) is 50.7 Å². The first kappa shape index (κ1) is 9.46. The normalized spacial score (nSPS) is 40.2. The highest BCUT2D eigenvalue weighted by Crippen LogP contribution is 2.43. The van der Waals surface area contributed by atoms with Gasteiger partial charge in [-0.05, 0) is 38.9 Å². The van der Waals surface area contributed by atoms with Gasteiger partial charge in [-0.3, -0.25) is 4.90 Å². The summed E-state index contributed by atoms with van der Waals surface area (Å²) in [6.45, 7) is 5.98. The van der Waals surface area contributed by atoms with Crippen molar-refractivity contribution in [2.75, 3.05) is 7.05 Å². The Morgan fingerprint density at radius 3 is 3.00 bits per heavy atom. The van der Waals surface area contributed by atoms with Crippen LogP contribution in [0.5, 0.6) is 0 Å². The van der Waals surface area contributed by atoms with Gasteiger partial charge in [0.25, 0.3) is 0 Å². The molecule has 82 valence electrons. The number of piperidine rings is 1. The summed E-state index contributed by atoms with van der Waals surface area (Å²) in [5, 5.41) is 0. The number of aromatic nitrogens is 1. The average molecular weight is 204 g/mol. The fourth-order valence-corrected chi connectivity index (χ4v) is 3.65. The molecule has 2 aliphatic heterocycles. The van der Waals surface area contributed by atoms with E-state index in [1.54, 1.807) is 5.69 Å². The van der Waals surface area contributed by atoms with Crippen molar-refractivity contribution < 1.29 is 0 Å².